The summed E-state index contributed by atoms with van der Waals surface area (Å²) in [5.74, 6) is 3.32. The lowest BCUT2D eigenvalue weighted by atomic mass is 9.49. The lowest BCUT2D eigenvalue weighted by Crippen LogP contribution is -2.53. The number of hydrogen-bond donors (Lipinski definition) is 0. The highest BCUT2D eigenvalue weighted by atomic mass is 79.9. The van der Waals surface area contributed by atoms with E-state index in [0.717, 1.165) is 70.5 Å². The third-order valence-electron chi connectivity index (χ3n) is 8.29. The highest BCUT2D eigenvalue weighted by Gasteiger charge is 2.57. The largest absolute Gasteiger partial charge is 0.497 e. The topological polar surface area (TPSA) is 41.9 Å². The number of amides is 1. The molecule has 0 spiro atoms. The number of benzene rings is 2. The van der Waals surface area contributed by atoms with Gasteiger partial charge in [0.1, 0.15) is 5.75 Å². The molecule has 4 saturated carbocycles. The maximum absolute atomic E-state index is 14.2. The van der Waals surface area contributed by atoms with Crippen molar-refractivity contribution in [3.8, 4) is 5.75 Å². The molecule has 1 aliphatic heterocycles. The average molecular weight is 493 g/mol. The first kappa shape index (κ1) is 20.5. The maximum atomic E-state index is 14.2. The molecule has 0 N–H and O–H groups in total. The standard InChI is InChI=1S/C27H29BrN2O2/c1-32-23-8-4-20(5-9-23)24-13-25(21-2-6-22(28)7-3-21)30(29-24)26(31)27-14-17-10-18(15-27)12-19(11-17)16-27/h2-9,17-19,25H,10-16H2,1H3/t17?,18?,19?,25-,27?/m1/s1. The zero-order chi connectivity index (χ0) is 21.9. The highest BCUT2D eigenvalue weighted by Crippen LogP contribution is 2.61. The van der Waals surface area contributed by atoms with Gasteiger partial charge in [0.05, 0.1) is 24.3 Å². The number of hydrazone groups is 1. The van der Waals surface area contributed by atoms with Gasteiger partial charge in [-0.3, -0.25) is 4.79 Å². The summed E-state index contributed by atoms with van der Waals surface area (Å²) in [6, 6.07) is 16.4. The van der Waals surface area contributed by atoms with Crippen LogP contribution in [0.4, 0.5) is 0 Å². The summed E-state index contributed by atoms with van der Waals surface area (Å²) in [7, 11) is 1.68. The lowest BCUT2D eigenvalue weighted by molar-refractivity contribution is -0.159. The summed E-state index contributed by atoms with van der Waals surface area (Å²) in [5.41, 5.74) is 3.01. The Morgan fingerprint density at radius 3 is 2.12 bits per heavy atom. The van der Waals surface area contributed by atoms with E-state index in [1.807, 2.05) is 17.1 Å². The third kappa shape index (κ3) is 3.40. The fourth-order valence-electron chi connectivity index (χ4n) is 7.22. The number of hydrogen-bond acceptors (Lipinski definition) is 3. The van der Waals surface area contributed by atoms with Gasteiger partial charge in [0.2, 0.25) is 5.91 Å². The van der Waals surface area contributed by atoms with Gasteiger partial charge in [0.25, 0.3) is 0 Å². The highest BCUT2D eigenvalue weighted by molar-refractivity contribution is 9.10. The SMILES string of the molecule is COc1ccc(C2=NN(C(=O)C34CC5CC(CC(C5)C3)C4)[C@@H](c3ccc(Br)cc3)C2)cc1. The Bertz CT molecular complexity index is 1020. The molecule has 7 rings (SSSR count). The van der Waals surface area contributed by atoms with E-state index < -0.39 is 0 Å². The van der Waals surface area contributed by atoms with E-state index >= 15 is 0 Å². The van der Waals surface area contributed by atoms with Crippen molar-refractivity contribution >= 4 is 27.5 Å². The zero-order valence-electron chi connectivity index (χ0n) is 18.5. The molecule has 1 amide bonds. The summed E-state index contributed by atoms with van der Waals surface area (Å²) < 4.78 is 6.37. The molecule has 4 bridgehead atoms. The molecule has 1 heterocycles. The van der Waals surface area contributed by atoms with Crippen LogP contribution in [-0.4, -0.2) is 23.7 Å². The Morgan fingerprint density at radius 2 is 1.56 bits per heavy atom. The molecule has 4 aliphatic carbocycles. The van der Waals surface area contributed by atoms with E-state index in [2.05, 4.69) is 52.3 Å². The van der Waals surface area contributed by atoms with Gasteiger partial charge in [-0.25, -0.2) is 5.01 Å². The van der Waals surface area contributed by atoms with Crippen LogP contribution in [0.3, 0.4) is 0 Å². The number of methoxy groups -OCH3 is 1. The van der Waals surface area contributed by atoms with E-state index in [0.29, 0.717) is 0 Å². The molecular formula is C27H29BrN2O2. The summed E-state index contributed by atoms with van der Waals surface area (Å²) in [6.45, 7) is 0. The van der Waals surface area contributed by atoms with Crippen LogP contribution < -0.4 is 4.74 Å². The first-order valence-corrected chi connectivity index (χ1v) is 12.6. The summed E-state index contributed by atoms with van der Waals surface area (Å²) in [6.07, 6.45) is 7.94. The van der Waals surface area contributed by atoms with E-state index in [-0.39, 0.29) is 17.4 Å². The molecule has 0 aromatic heterocycles. The van der Waals surface area contributed by atoms with Crippen molar-refractivity contribution in [2.24, 2.45) is 28.3 Å². The molecule has 32 heavy (non-hydrogen) atoms. The second-order valence-corrected chi connectivity index (χ2v) is 11.3. The predicted molar refractivity (Wildman–Crippen MR) is 128 cm³/mol. The van der Waals surface area contributed by atoms with Crippen LogP contribution in [0.25, 0.3) is 0 Å². The van der Waals surface area contributed by atoms with Crippen LogP contribution in [0.5, 0.6) is 5.75 Å². The van der Waals surface area contributed by atoms with Crippen LogP contribution in [-0.2, 0) is 4.79 Å². The van der Waals surface area contributed by atoms with Gasteiger partial charge in [-0.1, -0.05) is 28.1 Å². The van der Waals surface area contributed by atoms with E-state index in [1.54, 1.807) is 7.11 Å². The van der Waals surface area contributed by atoms with Crippen LogP contribution in [0.15, 0.2) is 58.1 Å². The third-order valence-corrected chi connectivity index (χ3v) is 8.82. The van der Waals surface area contributed by atoms with Crippen LogP contribution in [0.1, 0.15) is 62.1 Å². The number of nitrogens with zero attached hydrogens (tertiary/aromatic N) is 2. The Hall–Kier alpha value is -2.14. The lowest BCUT2D eigenvalue weighted by Gasteiger charge is -2.56. The fraction of sp³-hybridized carbons (Fsp3) is 0.481. The molecule has 0 unspecified atom stereocenters. The van der Waals surface area contributed by atoms with E-state index in [1.165, 1.54) is 19.3 Å². The molecule has 0 saturated heterocycles. The maximum Gasteiger partial charge on any atom is 0.249 e. The quantitative estimate of drug-likeness (QED) is 0.498. The minimum Gasteiger partial charge on any atom is -0.497 e. The van der Waals surface area contributed by atoms with Gasteiger partial charge in [-0.05, 0) is 104 Å². The van der Waals surface area contributed by atoms with Gasteiger partial charge in [-0.15, -0.1) is 0 Å². The molecule has 1 atom stereocenters. The molecular weight excluding hydrogens is 464 g/mol. The zero-order valence-corrected chi connectivity index (χ0v) is 20.1. The van der Waals surface area contributed by atoms with Crippen molar-refractivity contribution in [2.45, 2.75) is 51.0 Å². The van der Waals surface area contributed by atoms with Crippen molar-refractivity contribution in [3.63, 3.8) is 0 Å². The monoisotopic (exact) mass is 492 g/mol. The first-order chi connectivity index (χ1) is 15.5. The Labute approximate surface area is 198 Å². The van der Waals surface area contributed by atoms with Gasteiger partial charge in [-0.2, -0.15) is 5.10 Å². The van der Waals surface area contributed by atoms with Crippen molar-refractivity contribution in [2.75, 3.05) is 7.11 Å². The summed E-state index contributed by atoms with van der Waals surface area (Å²) in [4.78, 5) is 14.2. The van der Waals surface area contributed by atoms with Gasteiger partial charge >= 0.3 is 0 Å². The number of carbonyl (C=O) groups excluding carboxylic acids is 1. The van der Waals surface area contributed by atoms with Crippen LogP contribution in [0.2, 0.25) is 0 Å². The van der Waals surface area contributed by atoms with Crippen LogP contribution >= 0.6 is 15.9 Å². The minimum atomic E-state index is -0.193. The Kier molecular flexibility index (Phi) is 4.94. The second kappa shape index (κ2) is 7.72. The predicted octanol–water partition coefficient (Wildman–Crippen LogP) is 6.35. The van der Waals surface area contributed by atoms with Crippen molar-refractivity contribution < 1.29 is 9.53 Å². The van der Waals surface area contributed by atoms with Gasteiger partial charge in [0.15, 0.2) is 0 Å². The molecule has 5 heteroatoms. The first-order valence-electron chi connectivity index (χ1n) is 11.8. The average Bonchev–Trinajstić information content (AvgIpc) is 3.23. The summed E-state index contributed by atoms with van der Waals surface area (Å²) in [5, 5.41) is 6.87. The molecule has 0 radical (unpaired) electrons. The number of ether oxygens (including phenoxy) is 1. The fourth-order valence-corrected chi connectivity index (χ4v) is 7.48. The molecule has 2 aromatic carbocycles. The molecule has 4 fully saturated rings. The Balaban J connectivity index is 1.36. The van der Waals surface area contributed by atoms with Crippen molar-refractivity contribution in [3.05, 3.63) is 64.1 Å². The number of carbonyl (C=O) groups is 1. The summed E-state index contributed by atoms with van der Waals surface area (Å²) >= 11 is 3.55. The molecule has 5 aliphatic rings. The molecule has 4 nitrogen and oxygen atoms in total. The Morgan fingerprint density at radius 1 is 0.969 bits per heavy atom. The van der Waals surface area contributed by atoms with Crippen molar-refractivity contribution in [1.29, 1.82) is 0 Å². The van der Waals surface area contributed by atoms with Gasteiger partial charge < -0.3 is 4.74 Å². The second-order valence-electron chi connectivity index (χ2n) is 10.4. The number of rotatable bonds is 4. The number of halogens is 1. The van der Waals surface area contributed by atoms with E-state index in [4.69, 9.17) is 9.84 Å². The van der Waals surface area contributed by atoms with Crippen molar-refractivity contribution in [1.82, 2.24) is 5.01 Å². The minimum absolute atomic E-state index is 0.0410. The molecule has 166 valence electrons. The van der Waals surface area contributed by atoms with E-state index in [9.17, 15) is 4.79 Å². The smallest absolute Gasteiger partial charge is 0.249 e. The van der Waals surface area contributed by atoms with Crippen LogP contribution in [0, 0.1) is 23.2 Å². The van der Waals surface area contributed by atoms with Gasteiger partial charge in [0, 0.05) is 10.9 Å². The molecule has 2 aromatic rings. The normalized spacial score (nSPS) is 32.8.